The van der Waals surface area contributed by atoms with Crippen molar-refractivity contribution < 1.29 is 9.53 Å². The number of nitrogens with zero attached hydrogens (tertiary/aromatic N) is 1. The van der Waals surface area contributed by atoms with Gasteiger partial charge in [0.2, 0.25) is 0 Å². The van der Waals surface area contributed by atoms with Gasteiger partial charge >= 0.3 is 5.97 Å². The van der Waals surface area contributed by atoms with E-state index in [0.29, 0.717) is 24.3 Å². The predicted octanol–water partition coefficient (Wildman–Crippen LogP) is 3.47. The molecule has 0 bridgehead atoms. The van der Waals surface area contributed by atoms with E-state index in [-0.39, 0.29) is 5.97 Å². The molecule has 1 aromatic rings. The van der Waals surface area contributed by atoms with Crippen molar-refractivity contribution in [2.45, 2.75) is 47.1 Å². The summed E-state index contributed by atoms with van der Waals surface area (Å²) in [7, 11) is 0. The van der Waals surface area contributed by atoms with Crippen LogP contribution in [0.3, 0.4) is 0 Å². The minimum absolute atomic E-state index is 0.338. The minimum Gasteiger partial charge on any atom is -0.461 e. The maximum absolute atomic E-state index is 11.6. The third-order valence-corrected chi connectivity index (χ3v) is 4.02. The molecule has 1 aromatic heterocycles. The fourth-order valence-electron chi connectivity index (χ4n) is 1.54. The molecule has 0 spiro atoms. The zero-order valence-electron chi connectivity index (χ0n) is 11.7. The molecule has 0 aliphatic rings. The van der Waals surface area contributed by atoms with Gasteiger partial charge in [-0.25, -0.2) is 9.78 Å². The van der Waals surface area contributed by atoms with E-state index in [9.17, 15) is 4.79 Å². The quantitative estimate of drug-likeness (QED) is 0.804. The van der Waals surface area contributed by atoms with Crippen molar-refractivity contribution in [1.29, 1.82) is 0 Å². The zero-order chi connectivity index (χ0) is 13.7. The van der Waals surface area contributed by atoms with E-state index in [0.717, 1.165) is 16.4 Å². The summed E-state index contributed by atoms with van der Waals surface area (Å²) in [5.74, 6) is 0.232. The summed E-state index contributed by atoms with van der Waals surface area (Å²) < 4.78 is 4.97. The molecule has 0 radical (unpaired) electrons. The Bertz CT molecular complexity index is 404. The Kier molecular flexibility index (Phi) is 5.59. The molecule has 0 saturated heterocycles. The highest BCUT2D eigenvalue weighted by Crippen LogP contribution is 2.24. The van der Waals surface area contributed by atoms with Gasteiger partial charge in [-0.1, -0.05) is 20.3 Å². The van der Waals surface area contributed by atoms with Crippen LogP contribution in [-0.4, -0.2) is 23.6 Å². The maximum Gasteiger partial charge on any atom is 0.358 e. The molecule has 0 fully saturated rings. The molecule has 0 amide bonds. The van der Waals surface area contributed by atoms with Crippen LogP contribution in [0.2, 0.25) is 0 Å². The second-order valence-electron chi connectivity index (χ2n) is 4.46. The monoisotopic (exact) mass is 270 g/mol. The number of esters is 1. The van der Waals surface area contributed by atoms with Gasteiger partial charge in [-0.3, -0.25) is 0 Å². The summed E-state index contributed by atoms with van der Waals surface area (Å²) in [6, 6.07) is 0.343. The highest BCUT2D eigenvalue weighted by atomic mass is 32.1. The van der Waals surface area contributed by atoms with Crippen LogP contribution < -0.4 is 5.32 Å². The third kappa shape index (κ3) is 3.70. The minimum atomic E-state index is -0.338. The molecule has 1 heterocycles. The molecule has 2 atom stereocenters. The number of rotatable bonds is 6. The van der Waals surface area contributed by atoms with Crippen LogP contribution in [0, 0.1) is 12.8 Å². The summed E-state index contributed by atoms with van der Waals surface area (Å²) in [5.41, 5.74) is 0.431. The first-order valence-electron chi connectivity index (χ1n) is 6.40. The van der Waals surface area contributed by atoms with Crippen LogP contribution >= 0.6 is 11.3 Å². The van der Waals surface area contributed by atoms with Gasteiger partial charge in [0.05, 0.1) is 6.61 Å². The standard InChI is InChI=1S/C13H22N2O2S/c1-6-8(3)9(4)14-13-15-11(10(5)18-13)12(16)17-7-2/h8-9H,6-7H2,1-5H3,(H,14,15). The highest BCUT2D eigenvalue weighted by molar-refractivity contribution is 7.15. The number of carbonyl (C=O) groups excluding carboxylic acids is 1. The maximum atomic E-state index is 11.6. The summed E-state index contributed by atoms with van der Waals surface area (Å²) >= 11 is 1.50. The van der Waals surface area contributed by atoms with Crippen LogP contribution in [0.15, 0.2) is 0 Å². The van der Waals surface area contributed by atoms with Crippen molar-refractivity contribution in [3.8, 4) is 0 Å². The third-order valence-electron chi connectivity index (χ3n) is 3.11. The van der Waals surface area contributed by atoms with Gasteiger partial charge in [0, 0.05) is 10.9 Å². The Morgan fingerprint density at radius 2 is 2.11 bits per heavy atom. The molecule has 18 heavy (non-hydrogen) atoms. The zero-order valence-corrected chi connectivity index (χ0v) is 12.6. The van der Waals surface area contributed by atoms with Crippen molar-refractivity contribution in [1.82, 2.24) is 4.98 Å². The van der Waals surface area contributed by atoms with Crippen LogP contribution in [0.4, 0.5) is 5.13 Å². The Morgan fingerprint density at radius 1 is 1.44 bits per heavy atom. The van der Waals surface area contributed by atoms with E-state index < -0.39 is 0 Å². The predicted molar refractivity (Wildman–Crippen MR) is 75.3 cm³/mol. The fraction of sp³-hybridized carbons (Fsp3) is 0.692. The smallest absolute Gasteiger partial charge is 0.358 e. The van der Waals surface area contributed by atoms with E-state index in [1.54, 1.807) is 6.92 Å². The first-order valence-corrected chi connectivity index (χ1v) is 7.22. The lowest BCUT2D eigenvalue weighted by molar-refractivity contribution is 0.0519. The molecule has 0 saturated carbocycles. The summed E-state index contributed by atoms with van der Waals surface area (Å²) in [6.45, 7) is 10.6. The van der Waals surface area contributed by atoms with Gasteiger partial charge in [-0.15, -0.1) is 11.3 Å². The van der Waals surface area contributed by atoms with Gasteiger partial charge in [-0.2, -0.15) is 0 Å². The van der Waals surface area contributed by atoms with Crippen molar-refractivity contribution in [2.24, 2.45) is 5.92 Å². The highest BCUT2D eigenvalue weighted by Gasteiger charge is 2.18. The van der Waals surface area contributed by atoms with Crippen LogP contribution in [-0.2, 0) is 4.74 Å². The Labute approximate surface area is 113 Å². The Balaban J connectivity index is 2.75. The van der Waals surface area contributed by atoms with E-state index in [4.69, 9.17) is 4.74 Å². The van der Waals surface area contributed by atoms with Gasteiger partial charge in [-0.05, 0) is 26.7 Å². The lowest BCUT2D eigenvalue weighted by Crippen LogP contribution is -2.23. The number of ether oxygens (including phenoxy) is 1. The van der Waals surface area contributed by atoms with Gasteiger partial charge in [0.25, 0.3) is 0 Å². The lowest BCUT2D eigenvalue weighted by atomic mass is 10.0. The molecular weight excluding hydrogens is 248 g/mol. The molecule has 1 N–H and O–H groups in total. The summed E-state index contributed by atoms with van der Waals surface area (Å²) in [5, 5.41) is 4.15. The first kappa shape index (κ1) is 15.0. The first-order chi connectivity index (χ1) is 8.49. The number of thiazole rings is 1. The molecule has 2 unspecified atom stereocenters. The van der Waals surface area contributed by atoms with Gasteiger partial charge < -0.3 is 10.1 Å². The van der Waals surface area contributed by atoms with Gasteiger partial charge in [0.15, 0.2) is 10.8 Å². The molecule has 5 heteroatoms. The van der Waals surface area contributed by atoms with Crippen LogP contribution in [0.5, 0.6) is 0 Å². The Hall–Kier alpha value is -1.10. The molecule has 4 nitrogen and oxygen atoms in total. The van der Waals surface area contributed by atoms with E-state index >= 15 is 0 Å². The van der Waals surface area contributed by atoms with Gasteiger partial charge in [0.1, 0.15) is 0 Å². The molecule has 0 aliphatic heterocycles. The normalized spacial score (nSPS) is 14.1. The Morgan fingerprint density at radius 3 is 2.67 bits per heavy atom. The molecule has 102 valence electrons. The molecular formula is C13H22N2O2S. The number of aryl methyl sites for hydroxylation is 1. The van der Waals surface area contributed by atoms with E-state index in [2.05, 4.69) is 31.1 Å². The largest absolute Gasteiger partial charge is 0.461 e. The van der Waals surface area contributed by atoms with E-state index in [1.165, 1.54) is 11.3 Å². The average molecular weight is 270 g/mol. The molecule has 1 rings (SSSR count). The van der Waals surface area contributed by atoms with E-state index in [1.807, 2.05) is 6.92 Å². The molecule has 0 aliphatic carbocycles. The number of hydrogen-bond acceptors (Lipinski definition) is 5. The SMILES string of the molecule is CCOC(=O)c1nc(NC(C)C(C)CC)sc1C. The van der Waals surface area contributed by atoms with Crippen LogP contribution in [0.25, 0.3) is 0 Å². The topological polar surface area (TPSA) is 51.2 Å². The second kappa shape index (κ2) is 6.73. The number of nitrogens with one attached hydrogen (secondary N) is 1. The van der Waals surface area contributed by atoms with Crippen molar-refractivity contribution in [3.05, 3.63) is 10.6 Å². The van der Waals surface area contributed by atoms with Crippen molar-refractivity contribution in [3.63, 3.8) is 0 Å². The lowest BCUT2D eigenvalue weighted by Gasteiger charge is -2.18. The summed E-state index contributed by atoms with van der Waals surface area (Å²) in [4.78, 5) is 16.9. The average Bonchev–Trinajstić information content (AvgIpc) is 2.69. The number of aromatic nitrogens is 1. The fourth-order valence-corrected chi connectivity index (χ4v) is 2.44. The molecule has 0 aromatic carbocycles. The van der Waals surface area contributed by atoms with Crippen LogP contribution in [0.1, 0.15) is 49.5 Å². The second-order valence-corrected chi connectivity index (χ2v) is 5.67. The van der Waals surface area contributed by atoms with Crippen molar-refractivity contribution >= 4 is 22.4 Å². The summed E-state index contributed by atoms with van der Waals surface area (Å²) in [6.07, 6.45) is 1.11. The number of anilines is 1. The number of carbonyl (C=O) groups is 1. The van der Waals surface area contributed by atoms with Crippen molar-refractivity contribution in [2.75, 3.05) is 11.9 Å². The number of hydrogen-bond donors (Lipinski definition) is 1.